The fourth-order valence-electron chi connectivity index (χ4n) is 7.42. The van der Waals surface area contributed by atoms with Crippen molar-refractivity contribution >= 4 is 17.9 Å². The zero-order valence-corrected chi connectivity index (χ0v) is 40.4. The molecule has 0 aliphatic rings. The first-order valence-corrected chi connectivity index (χ1v) is 26.1. The molecule has 6 nitrogen and oxygen atoms in total. The molecule has 1 unspecified atom stereocenters. The second kappa shape index (κ2) is 50.0. The second-order valence-corrected chi connectivity index (χ2v) is 17.4. The Hall–Kier alpha value is -2.63. The molecule has 0 aliphatic carbocycles. The Kier molecular flexibility index (Phi) is 47.9. The molecule has 0 amide bonds. The van der Waals surface area contributed by atoms with Gasteiger partial charge in [-0.2, -0.15) is 0 Å². The van der Waals surface area contributed by atoms with E-state index in [4.69, 9.17) is 14.2 Å². The van der Waals surface area contributed by atoms with Crippen LogP contribution in [0.15, 0.2) is 48.6 Å². The van der Waals surface area contributed by atoms with E-state index in [1.165, 1.54) is 148 Å². The fraction of sp³-hybridized carbons (Fsp3) is 0.800. The van der Waals surface area contributed by atoms with Crippen LogP contribution in [0, 0.1) is 0 Å². The normalized spacial score (nSPS) is 12.4. The third-order valence-electron chi connectivity index (χ3n) is 11.3. The summed E-state index contributed by atoms with van der Waals surface area (Å²) in [5, 5.41) is 0. The summed E-state index contributed by atoms with van der Waals surface area (Å²) in [4.78, 5) is 37.9. The molecular formula is C55H98O6. The summed E-state index contributed by atoms with van der Waals surface area (Å²) in [7, 11) is 0. The van der Waals surface area contributed by atoms with Crippen LogP contribution in [0.25, 0.3) is 0 Å². The van der Waals surface area contributed by atoms with Gasteiger partial charge < -0.3 is 14.2 Å². The van der Waals surface area contributed by atoms with E-state index in [0.717, 1.165) is 70.6 Å². The van der Waals surface area contributed by atoms with Crippen molar-refractivity contribution in [2.75, 3.05) is 13.2 Å². The fourth-order valence-corrected chi connectivity index (χ4v) is 7.42. The van der Waals surface area contributed by atoms with Crippen molar-refractivity contribution in [3.05, 3.63) is 48.6 Å². The predicted octanol–water partition coefficient (Wildman–Crippen LogP) is 17.1. The summed E-state index contributed by atoms with van der Waals surface area (Å²) in [5.41, 5.74) is 0. The van der Waals surface area contributed by atoms with Gasteiger partial charge in [-0.25, -0.2) is 0 Å². The average Bonchev–Trinajstić information content (AvgIpc) is 3.26. The van der Waals surface area contributed by atoms with E-state index in [0.29, 0.717) is 19.3 Å². The Morgan fingerprint density at radius 1 is 0.344 bits per heavy atom. The Bertz CT molecular complexity index is 1070. The summed E-state index contributed by atoms with van der Waals surface area (Å²) in [6.45, 7) is 6.48. The number of carbonyl (C=O) groups excluding carboxylic acids is 3. The van der Waals surface area contributed by atoms with E-state index in [-0.39, 0.29) is 37.5 Å². The number of allylic oxidation sites excluding steroid dienone is 8. The van der Waals surface area contributed by atoms with Crippen molar-refractivity contribution in [1.82, 2.24) is 0 Å². The zero-order valence-electron chi connectivity index (χ0n) is 40.4. The van der Waals surface area contributed by atoms with Gasteiger partial charge in [-0.15, -0.1) is 0 Å². The van der Waals surface area contributed by atoms with Gasteiger partial charge in [-0.3, -0.25) is 14.4 Å². The highest BCUT2D eigenvalue weighted by Crippen LogP contribution is 2.15. The molecule has 6 heteroatoms. The topological polar surface area (TPSA) is 78.9 Å². The minimum Gasteiger partial charge on any atom is -0.462 e. The van der Waals surface area contributed by atoms with E-state index in [9.17, 15) is 14.4 Å². The molecule has 0 radical (unpaired) electrons. The quantitative estimate of drug-likeness (QED) is 0.0263. The number of esters is 3. The first-order valence-electron chi connectivity index (χ1n) is 26.1. The van der Waals surface area contributed by atoms with Crippen LogP contribution in [0.1, 0.15) is 265 Å². The third kappa shape index (κ3) is 48.3. The Labute approximate surface area is 378 Å². The summed E-state index contributed by atoms with van der Waals surface area (Å²) in [6, 6.07) is 0. The number of unbranched alkanes of at least 4 members (excludes halogenated alkanes) is 28. The molecule has 0 aromatic carbocycles. The molecule has 1 atom stereocenters. The van der Waals surface area contributed by atoms with Crippen molar-refractivity contribution in [2.24, 2.45) is 0 Å². The second-order valence-electron chi connectivity index (χ2n) is 17.4. The van der Waals surface area contributed by atoms with Crippen LogP contribution in [0.3, 0.4) is 0 Å². The standard InChI is InChI=1S/C55H98O6/c1-4-7-10-13-16-19-22-25-27-28-31-33-36-39-42-45-48-54(57)60-51-52(50-59-53(56)47-44-41-38-35-32-29-24-21-18-15-12-9-6-3)61-55(58)49-46-43-40-37-34-30-26-23-20-17-14-11-8-5-2/h8,11,17,20,29,32,38,41,52H,4-7,9-10,12-16,18-19,21-28,30-31,33-37,39-40,42-51H2,1-3H3/b11-8-,20-17-,32-29-,41-38-. The Balaban J connectivity index is 4.41. The molecule has 0 rings (SSSR count). The van der Waals surface area contributed by atoms with Gasteiger partial charge in [-0.1, -0.05) is 230 Å². The molecule has 0 saturated heterocycles. The molecule has 0 fully saturated rings. The lowest BCUT2D eigenvalue weighted by Gasteiger charge is -2.18. The van der Waals surface area contributed by atoms with Gasteiger partial charge in [0.05, 0.1) is 0 Å². The summed E-state index contributed by atoms with van der Waals surface area (Å²) in [5.74, 6) is -0.962. The van der Waals surface area contributed by atoms with E-state index >= 15 is 0 Å². The van der Waals surface area contributed by atoms with Gasteiger partial charge in [0.1, 0.15) is 13.2 Å². The molecule has 0 saturated carbocycles. The van der Waals surface area contributed by atoms with Crippen LogP contribution in [-0.4, -0.2) is 37.2 Å². The maximum absolute atomic E-state index is 12.8. The summed E-state index contributed by atoms with van der Waals surface area (Å²) in [6.07, 6.45) is 59.7. The van der Waals surface area contributed by atoms with E-state index in [2.05, 4.69) is 63.3 Å². The van der Waals surface area contributed by atoms with Crippen LogP contribution in [0.2, 0.25) is 0 Å². The minimum absolute atomic E-state index is 0.0910. The molecule has 0 aromatic heterocycles. The highest BCUT2D eigenvalue weighted by Gasteiger charge is 2.19. The van der Waals surface area contributed by atoms with Gasteiger partial charge in [0, 0.05) is 19.3 Å². The highest BCUT2D eigenvalue weighted by molar-refractivity contribution is 5.71. The molecule has 0 heterocycles. The number of hydrogen-bond donors (Lipinski definition) is 0. The smallest absolute Gasteiger partial charge is 0.306 e. The number of hydrogen-bond acceptors (Lipinski definition) is 6. The lowest BCUT2D eigenvalue weighted by Crippen LogP contribution is -2.30. The molecule has 61 heavy (non-hydrogen) atoms. The van der Waals surface area contributed by atoms with Crippen molar-refractivity contribution in [3.63, 3.8) is 0 Å². The monoisotopic (exact) mass is 855 g/mol. The molecule has 0 N–H and O–H groups in total. The number of rotatable bonds is 47. The Morgan fingerprint density at radius 3 is 1.08 bits per heavy atom. The van der Waals surface area contributed by atoms with Crippen LogP contribution in [0.4, 0.5) is 0 Å². The van der Waals surface area contributed by atoms with Crippen molar-refractivity contribution in [3.8, 4) is 0 Å². The molecule has 0 spiro atoms. The van der Waals surface area contributed by atoms with E-state index in [1.807, 2.05) is 6.08 Å². The molecular weight excluding hydrogens is 757 g/mol. The van der Waals surface area contributed by atoms with Crippen molar-refractivity contribution in [1.29, 1.82) is 0 Å². The summed E-state index contributed by atoms with van der Waals surface area (Å²) < 4.78 is 16.7. The van der Waals surface area contributed by atoms with Gasteiger partial charge in [-0.05, 0) is 64.2 Å². The van der Waals surface area contributed by atoms with Crippen molar-refractivity contribution < 1.29 is 28.6 Å². The van der Waals surface area contributed by atoms with E-state index in [1.54, 1.807) is 0 Å². The van der Waals surface area contributed by atoms with Crippen molar-refractivity contribution in [2.45, 2.75) is 271 Å². The van der Waals surface area contributed by atoms with Crippen LogP contribution >= 0.6 is 0 Å². The maximum atomic E-state index is 12.8. The molecule has 0 bridgehead atoms. The van der Waals surface area contributed by atoms with Gasteiger partial charge in [0.15, 0.2) is 6.10 Å². The molecule has 0 aromatic rings. The van der Waals surface area contributed by atoms with Crippen LogP contribution < -0.4 is 0 Å². The lowest BCUT2D eigenvalue weighted by molar-refractivity contribution is -0.166. The largest absolute Gasteiger partial charge is 0.462 e. The first kappa shape index (κ1) is 58.4. The number of carbonyl (C=O) groups is 3. The predicted molar refractivity (Wildman–Crippen MR) is 261 cm³/mol. The van der Waals surface area contributed by atoms with Crippen LogP contribution in [-0.2, 0) is 28.6 Å². The summed E-state index contributed by atoms with van der Waals surface area (Å²) >= 11 is 0. The van der Waals surface area contributed by atoms with Crippen LogP contribution in [0.5, 0.6) is 0 Å². The minimum atomic E-state index is -0.796. The third-order valence-corrected chi connectivity index (χ3v) is 11.3. The first-order chi connectivity index (χ1) is 30.0. The molecule has 0 aliphatic heterocycles. The molecule has 354 valence electrons. The van der Waals surface area contributed by atoms with E-state index < -0.39 is 6.10 Å². The zero-order chi connectivity index (χ0) is 44.4. The Morgan fingerprint density at radius 2 is 0.672 bits per heavy atom. The lowest BCUT2D eigenvalue weighted by atomic mass is 10.0. The maximum Gasteiger partial charge on any atom is 0.306 e. The van der Waals surface area contributed by atoms with Gasteiger partial charge in [0.25, 0.3) is 0 Å². The van der Waals surface area contributed by atoms with Gasteiger partial charge >= 0.3 is 17.9 Å². The van der Waals surface area contributed by atoms with Gasteiger partial charge in [0.2, 0.25) is 0 Å². The SMILES string of the molecule is CC/C=C\C/C=C\CCCCCCCCCC(=O)OC(COC(=O)CC/C=C\C/C=C\CCCCCCCC)COC(=O)CCCCCCCCCCCCCCCCCC. The number of ether oxygens (including phenoxy) is 3. The average molecular weight is 855 g/mol. The highest BCUT2D eigenvalue weighted by atomic mass is 16.6.